The molecule has 0 radical (unpaired) electrons. The van der Waals surface area contributed by atoms with Crippen molar-refractivity contribution in [3.63, 3.8) is 0 Å². The van der Waals surface area contributed by atoms with Crippen molar-refractivity contribution in [2.24, 2.45) is 5.92 Å². The maximum Gasteiger partial charge on any atom is 0.336 e. The minimum absolute atomic E-state index is 0.104. The highest BCUT2D eigenvalue weighted by molar-refractivity contribution is 5.92. The van der Waals surface area contributed by atoms with Crippen LogP contribution in [-0.2, 0) is 23.7 Å². The molecular formula is C19H28O5. The second kappa shape index (κ2) is 5.05. The van der Waals surface area contributed by atoms with Gasteiger partial charge in [-0.15, -0.1) is 0 Å². The van der Waals surface area contributed by atoms with Gasteiger partial charge in [-0.2, -0.15) is 0 Å². The largest absolute Gasteiger partial charge is 0.425 e. The Balaban J connectivity index is 1.70. The highest BCUT2D eigenvalue weighted by Crippen LogP contribution is 2.56. The van der Waals surface area contributed by atoms with Crippen LogP contribution in [0.4, 0.5) is 0 Å². The highest BCUT2D eigenvalue weighted by atomic mass is 16.7. The molecule has 0 N–H and O–H groups in total. The van der Waals surface area contributed by atoms with Gasteiger partial charge >= 0.3 is 5.97 Å². The van der Waals surface area contributed by atoms with E-state index < -0.39 is 5.79 Å². The molecule has 0 bridgehead atoms. The van der Waals surface area contributed by atoms with E-state index in [0.29, 0.717) is 30.9 Å². The SMILES string of the molecule is CC1=C2CC3OC3(C)CCC3OC3(C)CC2(OCC(C)C)OC1=O. The second-order valence-corrected chi connectivity index (χ2v) is 8.71. The van der Waals surface area contributed by atoms with Gasteiger partial charge in [-0.1, -0.05) is 13.8 Å². The molecule has 4 aliphatic rings. The average molecular weight is 336 g/mol. The molecule has 24 heavy (non-hydrogen) atoms. The molecule has 3 heterocycles. The molecule has 3 aliphatic heterocycles. The third-order valence-electron chi connectivity index (χ3n) is 6.07. The monoisotopic (exact) mass is 336 g/mol. The van der Waals surface area contributed by atoms with Gasteiger partial charge in [0.2, 0.25) is 5.79 Å². The van der Waals surface area contributed by atoms with Gasteiger partial charge in [0, 0.05) is 24.0 Å². The van der Waals surface area contributed by atoms with Gasteiger partial charge in [0.05, 0.1) is 30.0 Å². The molecular weight excluding hydrogens is 308 g/mol. The summed E-state index contributed by atoms with van der Waals surface area (Å²) in [6.45, 7) is 10.9. The molecule has 1 aliphatic carbocycles. The van der Waals surface area contributed by atoms with Crippen molar-refractivity contribution in [3.8, 4) is 0 Å². The lowest BCUT2D eigenvalue weighted by Crippen LogP contribution is -2.42. The Morgan fingerprint density at radius 1 is 1.21 bits per heavy atom. The van der Waals surface area contributed by atoms with Crippen LogP contribution < -0.4 is 0 Å². The van der Waals surface area contributed by atoms with Crippen LogP contribution in [0, 0.1) is 5.92 Å². The normalized spacial score (nSPS) is 47.0. The van der Waals surface area contributed by atoms with Crippen molar-refractivity contribution in [2.45, 2.75) is 89.5 Å². The molecule has 0 aromatic rings. The summed E-state index contributed by atoms with van der Waals surface area (Å²) in [5.41, 5.74) is 1.25. The van der Waals surface area contributed by atoms with Gasteiger partial charge < -0.3 is 18.9 Å². The molecule has 5 unspecified atom stereocenters. The first kappa shape index (κ1) is 16.6. The van der Waals surface area contributed by atoms with Crippen LogP contribution >= 0.6 is 0 Å². The average Bonchev–Trinajstić information content (AvgIpc) is 3.32. The summed E-state index contributed by atoms with van der Waals surface area (Å²) in [4.78, 5) is 12.4. The Kier molecular flexibility index (Phi) is 3.49. The van der Waals surface area contributed by atoms with E-state index in [9.17, 15) is 4.79 Å². The molecule has 134 valence electrons. The van der Waals surface area contributed by atoms with Crippen LogP contribution in [0.25, 0.3) is 0 Å². The van der Waals surface area contributed by atoms with Crippen LogP contribution in [0.1, 0.15) is 60.3 Å². The van der Waals surface area contributed by atoms with Crippen LogP contribution in [-0.4, -0.2) is 41.8 Å². The van der Waals surface area contributed by atoms with E-state index in [1.54, 1.807) is 0 Å². The minimum Gasteiger partial charge on any atom is -0.425 e. The fourth-order valence-electron chi connectivity index (χ4n) is 4.26. The Morgan fingerprint density at radius 2 is 1.92 bits per heavy atom. The van der Waals surface area contributed by atoms with Crippen molar-refractivity contribution in [1.82, 2.24) is 0 Å². The predicted molar refractivity (Wildman–Crippen MR) is 87.3 cm³/mol. The molecule has 0 aromatic heterocycles. The Morgan fingerprint density at radius 3 is 2.62 bits per heavy atom. The third kappa shape index (κ3) is 2.52. The molecule has 2 saturated heterocycles. The van der Waals surface area contributed by atoms with E-state index in [1.807, 2.05) is 6.92 Å². The zero-order valence-corrected chi connectivity index (χ0v) is 15.3. The number of hydrogen-bond donors (Lipinski definition) is 0. The van der Waals surface area contributed by atoms with E-state index in [0.717, 1.165) is 18.4 Å². The zero-order valence-electron chi connectivity index (χ0n) is 15.3. The summed E-state index contributed by atoms with van der Waals surface area (Å²) < 4.78 is 24.1. The number of carbonyl (C=O) groups excluding carboxylic acids is 1. The van der Waals surface area contributed by atoms with Crippen molar-refractivity contribution in [3.05, 3.63) is 11.1 Å². The lowest BCUT2D eigenvalue weighted by Gasteiger charge is -2.34. The summed E-state index contributed by atoms with van der Waals surface area (Å²) in [6.07, 6.45) is 3.58. The molecule has 5 nitrogen and oxygen atoms in total. The maximum absolute atomic E-state index is 12.4. The van der Waals surface area contributed by atoms with Crippen molar-refractivity contribution < 1.29 is 23.7 Å². The topological polar surface area (TPSA) is 60.6 Å². The minimum atomic E-state index is -0.987. The van der Waals surface area contributed by atoms with Gasteiger partial charge in [-0.3, -0.25) is 0 Å². The van der Waals surface area contributed by atoms with Crippen molar-refractivity contribution >= 4 is 5.97 Å². The predicted octanol–water partition coefficient (Wildman–Crippen LogP) is 3.12. The van der Waals surface area contributed by atoms with E-state index in [1.165, 1.54) is 0 Å². The molecule has 5 atom stereocenters. The fourth-order valence-corrected chi connectivity index (χ4v) is 4.26. The van der Waals surface area contributed by atoms with Crippen LogP contribution in [0.3, 0.4) is 0 Å². The Labute approximate surface area is 143 Å². The number of hydrogen-bond acceptors (Lipinski definition) is 5. The molecule has 0 amide bonds. The molecule has 5 heteroatoms. The van der Waals surface area contributed by atoms with Crippen LogP contribution in [0.15, 0.2) is 11.1 Å². The Bertz CT molecular complexity index is 611. The van der Waals surface area contributed by atoms with E-state index in [-0.39, 0.29) is 29.4 Å². The number of esters is 1. The summed E-state index contributed by atoms with van der Waals surface area (Å²) in [5, 5.41) is 0. The number of rotatable bonds is 3. The molecule has 1 saturated carbocycles. The summed E-state index contributed by atoms with van der Waals surface area (Å²) in [5.74, 6) is -0.892. The van der Waals surface area contributed by atoms with Crippen LogP contribution in [0.5, 0.6) is 0 Å². The molecule has 0 spiro atoms. The highest BCUT2D eigenvalue weighted by Gasteiger charge is 2.65. The third-order valence-corrected chi connectivity index (χ3v) is 6.07. The van der Waals surface area contributed by atoms with E-state index >= 15 is 0 Å². The van der Waals surface area contributed by atoms with Gasteiger partial charge in [0.15, 0.2) is 0 Å². The van der Waals surface area contributed by atoms with Crippen LogP contribution in [0.2, 0.25) is 0 Å². The number of epoxide rings is 2. The summed E-state index contributed by atoms with van der Waals surface area (Å²) >= 11 is 0. The molecule has 0 aromatic carbocycles. The summed E-state index contributed by atoms with van der Waals surface area (Å²) in [7, 11) is 0. The van der Waals surface area contributed by atoms with Crippen molar-refractivity contribution in [1.29, 1.82) is 0 Å². The number of fused-ring (bicyclic) bond motifs is 3. The van der Waals surface area contributed by atoms with Gasteiger partial charge in [0.1, 0.15) is 0 Å². The number of carbonyl (C=O) groups is 1. The quantitative estimate of drug-likeness (QED) is 0.585. The first-order valence-electron chi connectivity index (χ1n) is 9.11. The lowest BCUT2D eigenvalue weighted by molar-refractivity contribution is -0.213. The standard InChI is InChI=1S/C19H28O5/c1-11(2)9-21-19-10-18(5)14(22-18)6-7-17(4)15(23-17)8-13(19)12(3)16(20)24-19/h11,14-15H,6-10H2,1-5H3. The zero-order chi connectivity index (χ0) is 17.3. The van der Waals surface area contributed by atoms with Crippen molar-refractivity contribution in [2.75, 3.05) is 6.61 Å². The second-order valence-electron chi connectivity index (χ2n) is 8.71. The molecule has 3 fully saturated rings. The van der Waals surface area contributed by atoms with E-state index in [4.69, 9.17) is 18.9 Å². The molecule has 4 rings (SSSR count). The van der Waals surface area contributed by atoms with Gasteiger partial charge in [-0.25, -0.2) is 4.79 Å². The summed E-state index contributed by atoms with van der Waals surface area (Å²) in [6, 6.07) is 0. The smallest absolute Gasteiger partial charge is 0.336 e. The number of ether oxygens (including phenoxy) is 4. The fraction of sp³-hybridized carbons (Fsp3) is 0.842. The maximum atomic E-state index is 12.4. The Hall–Kier alpha value is -0.910. The van der Waals surface area contributed by atoms with Gasteiger partial charge in [0.25, 0.3) is 0 Å². The first-order valence-corrected chi connectivity index (χ1v) is 9.11. The first-order chi connectivity index (χ1) is 11.2. The van der Waals surface area contributed by atoms with E-state index in [2.05, 4.69) is 27.7 Å². The lowest BCUT2D eigenvalue weighted by atomic mass is 9.83. The van der Waals surface area contributed by atoms with Gasteiger partial charge in [-0.05, 0) is 39.5 Å².